The van der Waals surface area contributed by atoms with Crippen LogP contribution in [0.1, 0.15) is 26.5 Å². The molecular weight excluding hydrogens is 240 g/mol. The number of aliphatic hydroxyl groups is 1. The van der Waals surface area contributed by atoms with Gasteiger partial charge >= 0.3 is 0 Å². The number of rotatable bonds is 4. The molecule has 1 rings (SSSR count). The molecule has 0 unspecified atom stereocenters. The van der Waals surface area contributed by atoms with Crippen LogP contribution >= 0.6 is 0 Å². The molecule has 5 heteroatoms. The molecule has 0 amide bonds. The second-order valence-electron chi connectivity index (χ2n) is 3.73. The summed E-state index contributed by atoms with van der Waals surface area (Å²) in [6.45, 7) is 7.80. The molecule has 0 saturated heterocycles. The minimum Gasteiger partial charge on any atom is -0.400 e. The molecule has 0 bridgehead atoms. The Balaban J connectivity index is 0.00000154. The van der Waals surface area contributed by atoms with Crippen LogP contribution < -0.4 is 5.32 Å². The third-order valence-electron chi connectivity index (χ3n) is 1.99. The maximum atomic E-state index is 7.00. The topological polar surface area (TPSA) is 70.4 Å². The lowest BCUT2D eigenvalue weighted by Crippen LogP contribution is -1.95. The van der Waals surface area contributed by atoms with Crippen LogP contribution in [0.25, 0.3) is 0 Å². The molecule has 0 atom stereocenters. The van der Waals surface area contributed by atoms with Gasteiger partial charge in [-0.25, -0.2) is 9.97 Å². The van der Waals surface area contributed by atoms with Gasteiger partial charge in [0.15, 0.2) is 0 Å². The summed E-state index contributed by atoms with van der Waals surface area (Å²) >= 11 is 0. The minimum atomic E-state index is 0.774. The second kappa shape index (κ2) is 9.96. The van der Waals surface area contributed by atoms with E-state index in [1.54, 1.807) is 0 Å². The number of anilines is 1. The van der Waals surface area contributed by atoms with Gasteiger partial charge in [-0.3, -0.25) is 4.99 Å². The van der Waals surface area contributed by atoms with E-state index in [0.29, 0.717) is 0 Å². The van der Waals surface area contributed by atoms with Gasteiger partial charge in [-0.2, -0.15) is 0 Å². The molecule has 1 aromatic heterocycles. The molecule has 19 heavy (non-hydrogen) atoms. The van der Waals surface area contributed by atoms with Crippen LogP contribution in [0.4, 0.5) is 5.82 Å². The molecule has 0 spiro atoms. The molecule has 0 aromatic carbocycles. The van der Waals surface area contributed by atoms with E-state index in [1.807, 2.05) is 52.1 Å². The smallest absolute Gasteiger partial charge is 0.133 e. The predicted molar refractivity (Wildman–Crippen MR) is 80.2 cm³/mol. The van der Waals surface area contributed by atoms with Crippen molar-refractivity contribution in [1.29, 1.82) is 0 Å². The van der Waals surface area contributed by atoms with Crippen molar-refractivity contribution in [3.8, 4) is 0 Å². The van der Waals surface area contributed by atoms with Gasteiger partial charge in [-0.05, 0) is 33.8 Å². The number of hydrogen-bond acceptors (Lipinski definition) is 5. The lowest BCUT2D eigenvalue weighted by molar-refractivity contribution is 0.399. The molecular formula is C14H22N4O. The maximum absolute atomic E-state index is 7.00. The summed E-state index contributed by atoms with van der Waals surface area (Å²) in [6.07, 6.45) is 7.30. The van der Waals surface area contributed by atoms with Crippen LogP contribution in [0.15, 0.2) is 41.4 Å². The third-order valence-corrected chi connectivity index (χ3v) is 1.99. The van der Waals surface area contributed by atoms with Crippen molar-refractivity contribution < 1.29 is 5.11 Å². The first-order valence-corrected chi connectivity index (χ1v) is 5.96. The standard InChI is InChI=1S/C13H18N4.CH4O/c1-5-6-10(2)17-12(4)8-14-13-7-11(3)15-9-16-13;1-2/h5-9H,1-4H3,(H,14,15,16);2H,1H3/b6-5-,12-8+,17-10-;. The Hall–Kier alpha value is -2.01. The molecule has 0 aliphatic carbocycles. The lowest BCUT2D eigenvalue weighted by atomic mass is 10.3. The van der Waals surface area contributed by atoms with Crippen molar-refractivity contribution in [2.24, 2.45) is 4.99 Å². The van der Waals surface area contributed by atoms with Gasteiger partial charge in [0.25, 0.3) is 0 Å². The van der Waals surface area contributed by atoms with Crippen LogP contribution in [0.2, 0.25) is 0 Å². The zero-order valence-electron chi connectivity index (χ0n) is 12.2. The number of allylic oxidation sites excluding steroid dienone is 3. The van der Waals surface area contributed by atoms with Gasteiger partial charge in [0.05, 0.1) is 5.70 Å². The Morgan fingerprint density at radius 1 is 1.32 bits per heavy atom. The first-order valence-electron chi connectivity index (χ1n) is 5.96. The summed E-state index contributed by atoms with van der Waals surface area (Å²) in [5, 5.41) is 10.1. The molecule has 1 aromatic rings. The quantitative estimate of drug-likeness (QED) is 0.818. The largest absolute Gasteiger partial charge is 0.400 e. The first kappa shape index (κ1) is 17.0. The number of nitrogens with one attached hydrogen (secondary N) is 1. The van der Waals surface area contributed by atoms with Crippen LogP contribution in [0, 0.1) is 6.92 Å². The van der Waals surface area contributed by atoms with E-state index in [4.69, 9.17) is 5.11 Å². The minimum absolute atomic E-state index is 0.774. The van der Waals surface area contributed by atoms with Crippen molar-refractivity contribution in [3.63, 3.8) is 0 Å². The Labute approximate surface area is 114 Å². The van der Waals surface area contributed by atoms with Crippen molar-refractivity contribution >= 4 is 11.5 Å². The molecule has 2 N–H and O–H groups in total. The molecule has 0 aliphatic rings. The van der Waals surface area contributed by atoms with E-state index in [2.05, 4.69) is 20.3 Å². The molecule has 104 valence electrons. The van der Waals surface area contributed by atoms with Crippen LogP contribution in [-0.2, 0) is 0 Å². The van der Waals surface area contributed by atoms with Gasteiger partial charge in [0, 0.05) is 30.8 Å². The SMILES string of the molecule is CO.C\C=C/C(C)=N\C(C)=C\Nc1cc(C)ncn1. The average molecular weight is 262 g/mol. The third kappa shape index (κ3) is 7.83. The van der Waals surface area contributed by atoms with Gasteiger partial charge in [-0.15, -0.1) is 0 Å². The highest BCUT2D eigenvalue weighted by atomic mass is 16.2. The monoisotopic (exact) mass is 262 g/mol. The van der Waals surface area contributed by atoms with Crippen molar-refractivity contribution in [1.82, 2.24) is 9.97 Å². The summed E-state index contributed by atoms with van der Waals surface area (Å²) in [5.74, 6) is 0.774. The number of hydrogen-bond donors (Lipinski definition) is 2. The number of aryl methyl sites for hydroxylation is 1. The molecule has 0 saturated carbocycles. The second-order valence-corrected chi connectivity index (χ2v) is 3.73. The molecule has 0 radical (unpaired) electrons. The number of aliphatic imine (C=N–C) groups is 1. The van der Waals surface area contributed by atoms with Crippen LogP contribution in [0.5, 0.6) is 0 Å². The van der Waals surface area contributed by atoms with E-state index in [9.17, 15) is 0 Å². The lowest BCUT2D eigenvalue weighted by Gasteiger charge is -2.01. The van der Waals surface area contributed by atoms with E-state index >= 15 is 0 Å². The molecule has 0 aliphatic heterocycles. The van der Waals surface area contributed by atoms with Crippen molar-refractivity contribution in [2.75, 3.05) is 12.4 Å². The van der Waals surface area contributed by atoms with E-state index in [1.165, 1.54) is 6.33 Å². The van der Waals surface area contributed by atoms with Crippen molar-refractivity contribution in [3.05, 3.63) is 42.1 Å². The molecule has 1 heterocycles. The molecule has 5 nitrogen and oxygen atoms in total. The zero-order chi connectivity index (χ0) is 14.7. The number of aliphatic hydroxyl groups excluding tert-OH is 1. The Morgan fingerprint density at radius 3 is 2.58 bits per heavy atom. The van der Waals surface area contributed by atoms with E-state index in [-0.39, 0.29) is 0 Å². The van der Waals surface area contributed by atoms with E-state index < -0.39 is 0 Å². The van der Waals surface area contributed by atoms with E-state index in [0.717, 1.165) is 30.0 Å². The Bertz CT molecular complexity index is 464. The fourth-order valence-electron chi connectivity index (χ4n) is 1.30. The highest BCUT2D eigenvalue weighted by Crippen LogP contribution is 2.04. The highest BCUT2D eigenvalue weighted by Gasteiger charge is 1.92. The summed E-state index contributed by atoms with van der Waals surface area (Å²) in [6, 6.07) is 1.88. The van der Waals surface area contributed by atoms with Gasteiger partial charge < -0.3 is 10.4 Å². The zero-order valence-corrected chi connectivity index (χ0v) is 12.2. The number of aromatic nitrogens is 2. The summed E-state index contributed by atoms with van der Waals surface area (Å²) in [5.41, 5.74) is 2.81. The number of nitrogens with zero attached hydrogens (tertiary/aromatic N) is 3. The van der Waals surface area contributed by atoms with Gasteiger partial charge in [0.2, 0.25) is 0 Å². The van der Waals surface area contributed by atoms with Gasteiger partial charge in [0.1, 0.15) is 12.1 Å². The Morgan fingerprint density at radius 2 is 2.00 bits per heavy atom. The fourth-order valence-corrected chi connectivity index (χ4v) is 1.30. The first-order chi connectivity index (χ1) is 9.11. The normalized spacial score (nSPS) is 12.1. The van der Waals surface area contributed by atoms with Crippen LogP contribution in [0.3, 0.4) is 0 Å². The fraction of sp³-hybridized carbons (Fsp3) is 0.357. The van der Waals surface area contributed by atoms with Crippen LogP contribution in [-0.4, -0.2) is 27.9 Å². The van der Waals surface area contributed by atoms with Gasteiger partial charge in [-0.1, -0.05) is 6.08 Å². The average Bonchev–Trinajstić information content (AvgIpc) is 2.39. The predicted octanol–water partition coefficient (Wildman–Crippen LogP) is 2.70. The summed E-state index contributed by atoms with van der Waals surface area (Å²) in [4.78, 5) is 12.5. The van der Waals surface area contributed by atoms with Crippen molar-refractivity contribution in [2.45, 2.75) is 27.7 Å². The highest BCUT2D eigenvalue weighted by molar-refractivity contribution is 5.93. The summed E-state index contributed by atoms with van der Waals surface area (Å²) in [7, 11) is 1.00. The Kier molecular flexibility index (Phi) is 8.91. The maximum Gasteiger partial charge on any atom is 0.133 e. The molecule has 0 fully saturated rings. The summed E-state index contributed by atoms with van der Waals surface area (Å²) < 4.78 is 0.